The molecular formula is C27H29N6O4S+. The van der Waals surface area contributed by atoms with Crippen molar-refractivity contribution in [3.05, 3.63) is 86.5 Å². The molecule has 1 fully saturated rings. The van der Waals surface area contributed by atoms with Crippen molar-refractivity contribution < 1.29 is 19.0 Å². The lowest BCUT2D eigenvalue weighted by Gasteiger charge is -2.23. The van der Waals surface area contributed by atoms with Crippen molar-refractivity contribution in [2.24, 2.45) is 5.73 Å². The molecule has 1 aliphatic heterocycles. The summed E-state index contributed by atoms with van der Waals surface area (Å²) < 4.78 is 5.99. The smallest absolute Gasteiger partial charge is 0.318 e. The van der Waals surface area contributed by atoms with Crippen LogP contribution < -0.4 is 5.73 Å². The summed E-state index contributed by atoms with van der Waals surface area (Å²) in [4.78, 5) is 37.7. The molecule has 0 bridgehead atoms. The number of nitrogens with two attached hydrogens (primary N) is 1. The molecule has 4 aromatic rings. The van der Waals surface area contributed by atoms with Crippen molar-refractivity contribution in [2.45, 2.75) is 44.7 Å². The molecule has 1 amide bonds. The lowest BCUT2D eigenvalue weighted by Crippen LogP contribution is -2.35. The number of hydrogen-bond donors (Lipinski definition) is 1. The first-order valence-electron chi connectivity index (χ1n) is 12.3. The maximum absolute atomic E-state index is 13.7. The number of carbonyl (C=O) groups is 1. The first-order chi connectivity index (χ1) is 18.2. The van der Waals surface area contributed by atoms with Gasteiger partial charge in [0.1, 0.15) is 5.01 Å². The summed E-state index contributed by atoms with van der Waals surface area (Å²) in [5.74, 6) is 0.193. The monoisotopic (exact) mass is 533 g/mol. The maximum Gasteiger partial charge on any atom is 0.318 e. The molecule has 10 nitrogen and oxygen atoms in total. The highest BCUT2D eigenvalue weighted by Crippen LogP contribution is 2.36. The Hall–Kier alpha value is -3.96. The Morgan fingerprint density at radius 3 is 2.76 bits per heavy atom. The van der Waals surface area contributed by atoms with Gasteiger partial charge in [0.15, 0.2) is 7.11 Å². The molecule has 1 aliphatic rings. The summed E-state index contributed by atoms with van der Waals surface area (Å²) in [7, 11) is 1.26. The van der Waals surface area contributed by atoms with E-state index in [1.54, 1.807) is 28.4 Å². The number of amides is 1. The zero-order valence-corrected chi connectivity index (χ0v) is 22.3. The van der Waals surface area contributed by atoms with Crippen LogP contribution in [0.15, 0.2) is 58.3 Å². The highest BCUT2D eigenvalue weighted by atomic mass is 32.1. The average Bonchev–Trinajstić information content (AvgIpc) is 3.68. The summed E-state index contributed by atoms with van der Waals surface area (Å²) in [5.41, 5.74) is 8.46. The van der Waals surface area contributed by atoms with Crippen LogP contribution in [0.4, 0.5) is 5.69 Å². The Morgan fingerprint density at radius 2 is 2.05 bits per heavy atom. The van der Waals surface area contributed by atoms with Gasteiger partial charge in [-0.2, -0.15) is 0 Å². The molecule has 0 spiro atoms. The lowest BCUT2D eigenvalue weighted by atomic mass is 9.94. The normalized spacial score (nSPS) is 16.8. The van der Waals surface area contributed by atoms with Crippen LogP contribution in [-0.4, -0.2) is 44.6 Å². The minimum Gasteiger partial charge on any atom is -0.419 e. The zero-order chi connectivity index (χ0) is 26.9. The van der Waals surface area contributed by atoms with Gasteiger partial charge in [-0.1, -0.05) is 30.3 Å². The van der Waals surface area contributed by atoms with E-state index in [9.17, 15) is 9.70 Å². The second-order valence-corrected chi connectivity index (χ2v) is 10.6. The second-order valence-electron chi connectivity index (χ2n) is 9.68. The van der Waals surface area contributed by atoms with Gasteiger partial charge in [-0.15, -0.1) is 21.5 Å². The average molecular weight is 534 g/mol. The Bertz CT molecular complexity index is 1470. The third kappa shape index (κ3) is 5.20. The Morgan fingerprint density at radius 1 is 1.26 bits per heavy atom. The van der Waals surface area contributed by atoms with Gasteiger partial charge in [0.2, 0.25) is 11.8 Å². The minimum atomic E-state index is -0.922. The molecule has 2 aromatic carbocycles. The number of carbonyl (C=O) groups excluding carboxylic acids is 1. The molecule has 2 unspecified atom stereocenters. The van der Waals surface area contributed by atoms with Gasteiger partial charge in [-0.05, 0) is 44.7 Å². The molecule has 0 saturated carbocycles. The summed E-state index contributed by atoms with van der Waals surface area (Å²) in [6.07, 6.45) is 2.20. The Labute approximate surface area is 224 Å². The summed E-state index contributed by atoms with van der Waals surface area (Å²) in [6.45, 7) is 4.36. The largest absolute Gasteiger partial charge is 0.419 e. The van der Waals surface area contributed by atoms with Crippen molar-refractivity contribution in [1.82, 2.24) is 20.1 Å². The molecule has 38 heavy (non-hydrogen) atoms. The van der Waals surface area contributed by atoms with Crippen LogP contribution in [0.5, 0.6) is 0 Å². The number of likely N-dealkylation sites (tertiary alicyclic amines) is 1. The van der Waals surface area contributed by atoms with Crippen LogP contribution in [0.25, 0.3) is 11.5 Å². The van der Waals surface area contributed by atoms with Crippen LogP contribution in [-0.2, 0) is 16.8 Å². The van der Waals surface area contributed by atoms with Crippen LogP contribution in [0, 0.1) is 11.8 Å². The molecule has 11 heteroatoms. The third-order valence-corrected chi connectivity index (χ3v) is 7.62. The molecule has 2 aromatic heterocycles. The number of benzene rings is 2. The highest BCUT2D eigenvalue weighted by Gasteiger charge is 2.34. The van der Waals surface area contributed by atoms with Crippen LogP contribution in [0.3, 0.4) is 0 Å². The second kappa shape index (κ2) is 10.4. The first kappa shape index (κ1) is 25.7. The lowest BCUT2D eigenvalue weighted by molar-refractivity contribution is -0.736. The zero-order valence-electron chi connectivity index (χ0n) is 21.5. The number of aryl methyl sites for hydroxylation is 1. The quantitative estimate of drug-likeness (QED) is 0.318. The van der Waals surface area contributed by atoms with Crippen molar-refractivity contribution in [1.29, 1.82) is 0 Å². The molecule has 1 saturated heterocycles. The summed E-state index contributed by atoms with van der Waals surface area (Å²) >= 11 is 1.55. The van der Waals surface area contributed by atoms with Crippen LogP contribution in [0.2, 0.25) is 0 Å². The van der Waals surface area contributed by atoms with Gasteiger partial charge in [0.05, 0.1) is 16.5 Å². The third-order valence-electron chi connectivity index (χ3n) is 6.55. The van der Waals surface area contributed by atoms with Crippen molar-refractivity contribution >= 4 is 22.9 Å². The van der Waals surface area contributed by atoms with E-state index in [0.717, 1.165) is 29.1 Å². The Kier molecular flexibility index (Phi) is 7.04. The van der Waals surface area contributed by atoms with Gasteiger partial charge >= 0.3 is 5.69 Å². The molecule has 5 rings (SSSR count). The number of rotatable bonds is 8. The molecule has 2 N–H and O–H groups in total. The number of aromatic nitrogens is 3. The topological polar surface area (TPSA) is 127 Å². The number of thiazole rings is 1. The molecule has 196 valence electrons. The molecule has 0 radical (unpaired) electrons. The van der Waals surface area contributed by atoms with E-state index in [2.05, 4.69) is 15.2 Å². The highest BCUT2D eigenvalue weighted by molar-refractivity contribution is 7.09. The summed E-state index contributed by atoms with van der Waals surface area (Å²) in [6, 6.07) is 14.4. The van der Waals surface area contributed by atoms with Gasteiger partial charge < -0.3 is 15.1 Å². The standard InChI is InChI=1S/C27H29N6O4S/c1-17-16-38-24(29-17)22-10-7-11-32(22)25(34)20-12-19(13-21(14-20)33(35)36-3)23-30-31-26(37-23)27(2,28)15-18-8-5-4-6-9-18/h4-6,8-9,12-14,16,22H,7,10-11,15,28H2,1-3H3/q+1. The predicted molar refractivity (Wildman–Crippen MR) is 142 cm³/mol. The van der Waals surface area contributed by atoms with Gasteiger partial charge in [0, 0.05) is 40.9 Å². The SMILES string of the molecule is CO[N+](=O)c1cc(C(=O)N2CCCC2c2nc(C)cs2)cc(-c2nnc(C(C)(N)Cc3ccccc3)o2)c1. The van der Waals surface area contributed by atoms with E-state index in [1.165, 1.54) is 13.2 Å². The van der Waals surface area contributed by atoms with E-state index in [-0.39, 0.29) is 29.4 Å². The molecule has 3 heterocycles. The fourth-order valence-corrected chi connectivity index (χ4v) is 5.64. The van der Waals surface area contributed by atoms with Crippen molar-refractivity contribution in [3.8, 4) is 11.5 Å². The summed E-state index contributed by atoms with van der Waals surface area (Å²) in [5, 5.41) is 11.3. The van der Waals surface area contributed by atoms with Gasteiger partial charge in [-0.3, -0.25) is 4.79 Å². The van der Waals surface area contributed by atoms with E-state index >= 15 is 0 Å². The maximum atomic E-state index is 13.7. The van der Waals surface area contributed by atoms with E-state index in [4.69, 9.17) is 15.0 Å². The molecular weight excluding hydrogens is 504 g/mol. The van der Waals surface area contributed by atoms with Crippen LogP contribution in [0.1, 0.15) is 58.3 Å². The minimum absolute atomic E-state index is 0.106. The van der Waals surface area contributed by atoms with E-state index < -0.39 is 5.54 Å². The fourth-order valence-electron chi connectivity index (χ4n) is 4.69. The first-order valence-corrected chi connectivity index (χ1v) is 13.2. The molecule has 0 aliphatic carbocycles. The van der Waals surface area contributed by atoms with Gasteiger partial charge in [-0.25, -0.2) is 9.82 Å². The fraction of sp³-hybridized carbons (Fsp3) is 0.333. The van der Waals surface area contributed by atoms with Crippen molar-refractivity contribution in [3.63, 3.8) is 0 Å². The Balaban J connectivity index is 1.47. The van der Waals surface area contributed by atoms with E-state index in [1.807, 2.05) is 49.6 Å². The number of nitrogens with zero attached hydrogens (tertiary/aromatic N) is 5. The molecule has 2 atom stereocenters. The van der Waals surface area contributed by atoms with Crippen LogP contribution >= 0.6 is 11.3 Å². The van der Waals surface area contributed by atoms with Crippen molar-refractivity contribution in [2.75, 3.05) is 13.7 Å². The number of hydrogen-bond acceptors (Lipinski definition) is 9. The predicted octanol–water partition coefficient (Wildman–Crippen LogP) is 4.87. The van der Waals surface area contributed by atoms with Gasteiger partial charge in [0.25, 0.3) is 10.8 Å². The van der Waals surface area contributed by atoms with E-state index in [0.29, 0.717) is 29.0 Å².